The maximum Gasteiger partial charge on any atom is 0.192 e. The summed E-state index contributed by atoms with van der Waals surface area (Å²) in [5.41, 5.74) is 1.18. The van der Waals surface area contributed by atoms with E-state index in [1.807, 2.05) is 25.2 Å². The monoisotopic (exact) mass is 366 g/mol. The van der Waals surface area contributed by atoms with Crippen molar-refractivity contribution in [1.82, 2.24) is 0 Å². The molecule has 0 saturated carbocycles. The van der Waals surface area contributed by atoms with Crippen molar-refractivity contribution in [3.05, 3.63) is 36.0 Å². The molecule has 144 valence electrons. The first-order valence-corrected chi connectivity index (χ1v) is 12.2. The van der Waals surface area contributed by atoms with Crippen LogP contribution in [-0.4, -0.2) is 40.3 Å². The molecule has 1 aliphatic heterocycles. The molecule has 4 atom stereocenters. The first kappa shape index (κ1) is 22.4. The van der Waals surface area contributed by atoms with Gasteiger partial charge in [-0.15, -0.1) is 0 Å². The summed E-state index contributed by atoms with van der Waals surface area (Å²) in [7, 11) is -0.140. The van der Waals surface area contributed by atoms with Crippen molar-refractivity contribution in [3.8, 4) is 0 Å². The topological polar surface area (TPSA) is 27.7 Å². The van der Waals surface area contributed by atoms with Gasteiger partial charge in [0.25, 0.3) is 0 Å². The average Bonchev–Trinajstić information content (AvgIpc) is 2.50. The molecule has 3 nitrogen and oxygen atoms in total. The Bertz CT molecular complexity index is 500. The summed E-state index contributed by atoms with van der Waals surface area (Å²) in [4.78, 5) is 0. The van der Waals surface area contributed by atoms with Crippen LogP contribution in [0.4, 0.5) is 0 Å². The van der Waals surface area contributed by atoms with Crippen LogP contribution in [0.2, 0.25) is 18.1 Å². The summed E-state index contributed by atoms with van der Waals surface area (Å²) in [6.07, 6.45) is 10.2. The van der Waals surface area contributed by atoms with E-state index < -0.39 is 8.32 Å². The highest BCUT2D eigenvalue weighted by atomic mass is 28.4. The maximum absolute atomic E-state index is 6.79. The molecule has 1 saturated heterocycles. The number of methoxy groups -OCH3 is 1. The summed E-state index contributed by atoms with van der Waals surface area (Å²) in [6, 6.07) is 0. The zero-order valence-corrected chi connectivity index (χ0v) is 18.6. The first-order chi connectivity index (χ1) is 11.5. The summed E-state index contributed by atoms with van der Waals surface area (Å²) in [6.45, 7) is 18.4. The Morgan fingerprint density at radius 1 is 1.12 bits per heavy atom. The van der Waals surface area contributed by atoms with Gasteiger partial charge in [0.1, 0.15) is 12.2 Å². The van der Waals surface area contributed by atoms with Gasteiger partial charge in [0.15, 0.2) is 8.32 Å². The molecule has 0 aromatic rings. The van der Waals surface area contributed by atoms with Gasteiger partial charge in [-0.3, -0.25) is 0 Å². The Morgan fingerprint density at radius 3 is 2.28 bits per heavy atom. The zero-order chi connectivity index (χ0) is 19.3. The fourth-order valence-electron chi connectivity index (χ4n) is 2.82. The largest absolute Gasteiger partial charge is 0.408 e. The highest BCUT2D eigenvalue weighted by Gasteiger charge is 2.47. The van der Waals surface area contributed by atoms with Gasteiger partial charge in [0, 0.05) is 13.0 Å². The summed E-state index contributed by atoms with van der Waals surface area (Å²) in [5, 5.41) is 0.153. The van der Waals surface area contributed by atoms with E-state index in [0.29, 0.717) is 12.5 Å². The lowest BCUT2D eigenvalue weighted by Crippen LogP contribution is -2.57. The number of rotatable bonds is 6. The molecule has 1 aliphatic rings. The third kappa shape index (κ3) is 5.92. The second-order valence-electron chi connectivity index (χ2n) is 8.60. The van der Waals surface area contributed by atoms with Gasteiger partial charge >= 0.3 is 0 Å². The molecule has 25 heavy (non-hydrogen) atoms. The smallest absolute Gasteiger partial charge is 0.192 e. The van der Waals surface area contributed by atoms with E-state index in [4.69, 9.17) is 13.9 Å². The average molecular weight is 367 g/mol. The van der Waals surface area contributed by atoms with E-state index in [9.17, 15) is 0 Å². The van der Waals surface area contributed by atoms with Crippen LogP contribution in [0.5, 0.6) is 0 Å². The summed E-state index contributed by atoms with van der Waals surface area (Å²) >= 11 is 0. The summed E-state index contributed by atoms with van der Waals surface area (Å²) < 4.78 is 18.9. The van der Waals surface area contributed by atoms with Crippen LogP contribution < -0.4 is 0 Å². The van der Waals surface area contributed by atoms with Crippen molar-refractivity contribution < 1.29 is 13.9 Å². The molecule has 1 fully saturated rings. The van der Waals surface area contributed by atoms with E-state index >= 15 is 0 Å². The predicted octanol–water partition coefficient (Wildman–Crippen LogP) is 5.51. The van der Waals surface area contributed by atoms with Crippen LogP contribution in [0.3, 0.4) is 0 Å². The Kier molecular flexibility index (Phi) is 8.33. The molecular formula is C21H38O3Si. The molecule has 0 N–H and O–H groups in total. The van der Waals surface area contributed by atoms with Crippen LogP contribution in [0.1, 0.15) is 41.5 Å². The first-order valence-electron chi connectivity index (χ1n) is 9.33. The minimum absolute atomic E-state index is 0.0516. The van der Waals surface area contributed by atoms with Crippen LogP contribution in [0.25, 0.3) is 0 Å². The van der Waals surface area contributed by atoms with Gasteiger partial charge in [-0.25, -0.2) is 0 Å². The quantitative estimate of drug-likeness (QED) is 0.458. The lowest BCUT2D eigenvalue weighted by Gasteiger charge is -2.47. The molecule has 0 radical (unpaired) electrons. The van der Waals surface area contributed by atoms with Crippen molar-refractivity contribution in [2.75, 3.05) is 13.7 Å². The van der Waals surface area contributed by atoms with Crippen molar-refractivity contribution in [1.29, 1.82) is 0 Å². The molecule has 0 spiro atoms. The molecular weight excluding hydrogens is 328 g/mol. The Labute approximate surface area is 156 Å². The van der Waals surface area contributed by atoms with Crippen molar-refractivity contribution >= 4 is 8.32 Å². The van der Waals surface area contributed by atoms with E-state index in [-0.39, 0.29) is 23.4 Å². The van der Waals surface area contributed by atoms with Gasteiger partial charge in [0.05, 0.1) is 12.7 Å². The van der Waals surface area contributed by atoms with Crippen LogP contribution in [0, 0.1) is 5.92 Å². The molecule has 1 rings (SSSR count). The molecule has 1 heterocycles. The summed E-state index contributed by atoms with van der Waals surface area (Å²) in [5.74, 6) is 0.322. The van der Waals surface area contributed by atoms with Gasteiger partial charge in [-0.05, 0) is 37.6 Å². The zero-order valence-electron chi connectivity index (χ0n) is 17.6. The Morgan fingerprint density at radius 2 is 1.76 bits per heavy atom. The molecule has 0 aromatic carbocycles. The Hall–Kier alpha value is -0.683. The van der Waals surface area contributed by atoms with E-state index in [0.717, 1.165) is 0 Å². The number of hydrogen-bond acceptors (Lipinski definition) is 3. The molecule has 0 amide bonds. The van der Waals surface area contributed by atoms with Gasteiger partial charge in [-0.1, -0.05) is 58.1 Å². The maximum atomic E-state index is 6.79. The number of ether oxygens (including phenoxy) is 2. The van der Waals surface area contributed by atoms with Crippen LogP contribution in [0.15, 0.2) is 36.0 Å². The van der Waals surface area contributed by atoms with E-state index in [2.05, 4.69) is 59.9 Å². The normalized spacial score (nSPS) is 29.7. The lowest BCUT2D eigenvalue weighted by molar-refractivity contribution is -0.152. The standard InChI is InChI=1S/C21H38O3Si/c1-10-11-12-13-14-16(2)19-20(18(22-7)17(3)15-23-19)24-25(8,9)21(4,5)6/h10-14,17-20H,15H2,1-9H3/b11-10+,13-12+,16-14+/t17-,18-,19-,20+/m0/s1. The Balaban J connectivity index is 3.12. The highest BCUT2D eigenvalue weighted by Crippen LogP contribution is 2.40. The lowest BCUT2D eigenvalue weighted by atomic mass is 9.90. The molecule has 0 bridgehead atoms. The minimum Gasteiger partial charge on any atom is -0.408 e. The van der Waals surface area contributed by atoms with Crippen molar-refractivity contribution in [2.24, 2.45) is 5.92 Å². The third-order valence-electron chi connectivity index (χ3n) is 5.45. The van der Waals surface area contributed by atoms with Crippen molar-refractivity contribution in [3.63, 3.8) is 0 Å². The van der Waals surface area contributed by atoms with Gasteiger partial charge in [0.2, 0.25) is 0 Å². The molecule has 4 heteroatoms. The third-order valence-corrected chi connectivity index (χ3v) is 9.93. The highest BCUT2D eigenvalue weighted by molar-refractivity contribution is 6.74. The minimum atomic E-state index is -1.93. The SMILES string of the molecule is C/C=C/C=C/C=C(\C)[C@@H]1OC[C@H](C)[C@H](OC)[C@H]1O[Si](C)(C)C(C)(C)C. The second kappa shape index (κ2) is 9.31. The van der Waals surface area contributed by atoms with Crippen LogP contribution >= 0.6 is 0 Å². The predicted molar refractivity (Wildman–Crippen MR) is 109 cm³/mol. The van der Waals surface area contributed by atoms with Crippen LogP contribution in [-0.2, 0) is 13.9 Å². The molecule has 0 aromatic heterocycles. The fourth-order valence-corrected chi connectivity index (χ4v) is 4.11. The fraction of sp³-hybridized carbons (Fsp3) is 0.714. The van der Waals surface area contributed by atoms with E-state index in [1.165, 1.54) is 5.57 Å². The number of hydrogen-bond donors (Lipinski definition) is 0. The number of allylic oxidation sites excluding steroid dienone is 5. The van der Waals surface area contributed by atoms with Crippen molar-refractivity contribution in [2.45, 2.75) is 78.0 Å². The molecule has 0 unspecified atom stereocenters. The van der Waals surface area contributed by atoms with E-state index in [1.54, 1.807) is 7.11 Å². The second-order valence-corrected chi connectivity index (χ2v) is 13.4. The van der Waals surface area contributed by atoms with Gasteiger partial charge < -0.3 is 13.9 Å². The van der Waals surface area contributed by atoms with Gasteiger partial charge in [-0.2, -0.15) is 0 Å². The molecule has 0 aliphatic carbocycles.